The van der Waals surface area contributed by atoms with E-state index in [9.17, 15) is 4.79 Å². The first-order chi connectivity index (χ1) is 8.65. The summed E-state index contributed by atoms with van der Waals surface area (Å²) in [5.74, 6) is 0. The minimum absolute atomic E-state index is 0.0218. The van der Waals surface area contributed by atoms with Crippen molar-refractivity contribution in [2.24, 2.45) is 0 Å². The van der Waals surface area contributed by atoms with Crippen molar-refractivity contribution in [2.45, 2.75) is 26.3 Å². The fraction of sp³-hybridized carbons (Fsp3) is 0.417. The second kappa shape index (κ2) is 5.41. The van der Waals surface area contributed by atoms with Gasteiger partial charge < -0.3 is 10.3 Å². The monoisotopic (exact) mass is 264 g/mol. The Morgan fingerprint density at radius 2 is 2.28 bits per heavy atom. The Balaban J connectivity index is 2.38. The normalized spacial score (nSPS) is 12.6. The summed E-state index contributed by atoms with van der Waals surface area (Å²) in [7, 11) is 1.90. The number of aryl methyl sites for hydroxylation is 1. The minimum atomic E-state index is -0.0218. The molecule has 0 aliphatic heterocycles. The fourth-order valence-electron chi connectivity index (χ4n) is 1.73. The van der Waals surface area contributed by atoms with Crippen molar-refractivity contribution in [3.8, 4) is 10.6 Å². The van der Waals surface area contributed by atoms with Crippen LogP contribution in [0.2, 0.25) is 0 Å². The number of pyridine rings is 1. The van der Waals surface area contributed by atoms with Crippen LogP contribution < -0.4 is 10.7 Å². The lowest BCUT2D eigenvalue weighted by Gasteiger charge is -2.07. The van der Waals surface area contributed by atoms with E-state index in [0.29, 0.717) is 10.6 Å². The summed E-state index contributed by atoms with van der Waals surface area (Å²) in [4.78, 5) is 14.9. The molecule has 0 spiro atoms. The molecule has 96 valence electrons. The molecule has 2 heterocycles. The minimum Gasteiger partial charge on any atom is -0.364 e. The van der Waals surface area contributed by atoms with Crippen LogP contribution in [0.5, 0.6) is 0 Å². The zero-order valence-corrected chi connectivity index (χ0v) is 11.5. The van der Waals surface area contributed by atoms with Gasteiger partial charge in [0.05, 0.1) is 11.6 Å². The summed E-state index contributed by atoms with van der Waals surface area (Å²) in [5, 5.41) is 13.0. The van der Waals surface area contributed by atoms with Crippen molar-refractivity contribution in [3.63, 3.8) is 0 Å². The maximum Gasteiger partial charge on any atom is 0.192 e. The van der Waals surface area contributed by atoms with Crippen LogP contribution in [-0.2, 0) is 0 Å². The van der Waals surface area contributed by atoms with E-state index in [0.717, 1.165) is 17.1 Å². The first-order valence-corrected chi connectivity index (χ1v) is 6.67. The molecule has 0 bridgehead atoms. The van der Waals surface area contributed by atoms with Crippen LogP contribution in [0.25, 0.3) is 10.6 Å². The van der Waals surface area contributed by atoms with E-state index < -0.39 is 0 Å². The zero-order valence-electron chi connectivity index (χ0n) is 10.7. The van der Waals surface area contributed by atoms with Crippen molar-refractivity contribution in [3.05, 3.63) is 33.2 Å². The van der Waals surface area contributed by atoms with Gasteiger partial charge in [-0.25, -0.2) is 0 Å². The number of nitrogens with zero attached hydrogens (tertiary/aromatic N) is 2. The van der Waals surface area contributed by atoms with E-state index in [1.54, 1.807) is 12.3 Å². The summed E-state index contributed by atoms with van der Waals surface area (Å²) < 4.78 is 0. The Morgan fingerprint density at radius 1 is 1.50 bits per heavy atom. The van der Waals surface area contributed by atoms with E-state index in [1.165, 1.54) is 11.3 Å². The van der Waals surface area contributed by atoms with Gasteiger partial charge in [0.25, 0.3) is 0 Å². The van der Waals surface area contributed by atoms with Gasteiger partial charge in [0.1, 0.15) is 5.01 Å². The van der Waals surface area contributed by atoms with E-state index >= 15 is 0 Å². The van der Waals surface area contributed by atoms with Crippen molar-refractivity contribution < 1.29 is 0 Å². The summed E-state index contributed by atoms with van der Waals surface area (Å²) in [6.45, 7) is 3.94. The second-order valence-electron chi connectivity index (χ2n) is 4.09. The van der Waals surface area contributed by atoms with Crippen molar-refractivity contribution in [1.29, 1.82) is 0 Å². The molecule has 0 aromatic carbocycles. The predicted octanol–water partition coefficient (Wildman–Crippen LogP) is 1.87. The maximum absolute atomic E-state index is 11.9. The number of rotatable bonds is 4. The SMILES string of the molecule is CCC(NC)c1nnc(-c2c[nH]c(C)cc2=O)s1. The lowest BCUT2D eigenvalue weighted by molar-refractivity contribution is 0.568. The molecule has 2 rings (SSSR count). The lowest BCUT2D eigenvalue weighted by Crippen LogP contribution is -2.14. The molecule has 2 aromatic rings. The van der Waals surface area contributed by atoms with Crippen molar-refractivity contribution in [2.75, 3.05) is 7.05 Å². The van der Waals surface area contributed by atoms with Crippen molar-refractivity contribution in [1.82, 2.24) is 20.5 Å². The fourth-order valence-corrected chi connectivity index (χ4v) is 2.78. The smallest absolute Gasteiger partial charge is 0.192 e. The number of aromatic amines is 1. The third kappa shape index (κ3) is 2.49. The van der Waals surface area contributed by atoms with Crippen LogP contribution >= 0.6 is 11.3 Å². The highest BCUT2D eigenvalue weighted by molar-refractivity contribution is 7.14. The van der Waals surface area contributed by atoms with Crippen LogP contribution in [0, 0.1) is 6.92 Å². The standard InChI is InChI=1S/C12H16N4OS/c1-4-9(13-3)12-16-15-11(18-12)8-6-14-7(2)5-10(8)17/h5-6,9,13H,4H2,1-3H3,(H,14,17). The highest BCUT2D eigenvalue weighted by atomic mass is 32.1. The van der Waals surface area contributed by atoms with Crippen LogP contribution in [0.15, 0.2) is 17.1 Å². The van der Waals surface area contributed by atoms with Gasteiger partial charge >= 0.3 is 0 Å². The van der Waals surface area contributed by atoms with Gasteiger partial charge in [-0.1, -0.05) is 18.3 Å². The molecule has 0 aliphatic carbocycles. The number of hydrogen-bond donors (Lipinski definition) is 2. The molecule has 5 nitrogen and oxygen atoms in total. The average molecular weight is 264 g/mol. The molecule has 2 aromatic heterocycles. The van der Waals surface area contributed by atoms with Crippen molar-refractivity contribution >= 4 is 11.3 Å². The number of H-pyrrole nitrogens is 1. The lowest BCUT2D eigenvalue weighted by atomic mass is 10.2. The molecule has 0 radical (unpaired) electrons. The highest BCUT2D eigenvalue weighted by Crippen LogP contribution is 2.25. The highest BCUT2D eigenvalue weighted by Gasteiger charge is 2.15. The first-order valence-electron chi connectivity index (χ1n) is 5.86. The van der Waals surface area contributed by atoms with E-state index in [2.05, 4.69) is 27.4 Å². The Hall–Kier alpha value is -1.53. The molecule has 6 heteroatoms. The van der Waals surface area contributed by atoms with E-state index in [4.69, 9.17) is 0 Å². The number of nitrogens with one attached hydrogen (secondary N) is 2. The van der Waals surface area contributed by atoms with Crippen LogP contribution in [0.3, 0.4) is 0 Å². The third-order valence-electron chi connectivity index (χ3n) is 2.78. The van der Waals surface area contributed by atoms with Gasteiger partial charge in [-0.15, -0.1) is 10.2 Å². The van der Waals surface area contributed by atoms with Crippen LogP contribution in [0.4, 0.5) is 0 Å². The topological polar surface area (TPSA) is 70.7 Å². The summed E-state index contributed by atoms with van der Waals surface area (Å²) >= 11 is 1.46. The molecule has 0 saturated heterocycles. The molecule has 0 saturated carbocycles. The predicted molar refractivity (Wildman–Crippen MR) is 72.8 cm³/mol. The zero-order chi connectivity index (χ0) is 13.1. The number of hydrogen-bond acceptors (Lipinski definition) is 5. The molecule has 0 amide bonds. The summed E-state index contributed by atoms with van der Waals surface area (Å²) in [5.41, 5.74) is 1.40. The third-order valence-corrected chi connectivity index (χ3v) is 3.85. The van der Waals surface area contributed by atoms with E-state index in [-0.39, 0.29) is 11.5 Å². The van der Waals surface area contributed by atoms with Gasteiger partial charge in [0, 0.05) is 18.0 Å². The Labute approximate surface area is 109 Å². The molecule has 2 N–H and O–H groups in total. The Morgan fingerprint density at radius 3 is 2.89 bits per heavy atom. The Kier molecular flexibility index (Phi) is 3.88. The molecule has 1 atom stereocenters. The molecule has 1 unspecified atom stereocenters. The molecular weight excluding hydrogens is 248 g/mol. The Bertz CT molecular complexity index is 586. The summed E-state index contributed by atoms with van der Waals surface area (Å²) in [6.07, 6.45) is 2.64. The largest absolute Gasteiger partial charge is 0.364 e. The summed E-state index contributed by atoms with van der Waals surface area (Å²) in [6, 6.07) is 1.77. The molecule has 18 heavy (non-hydrogen) atoms. The van der Waals surface area contributed by atoms with Gasteiger partial charge in [0.15, 0.2) is 10.4 Å². The molecule has 0 fully saturated rings. The quantitative estimate of drug-likeness (QED) is 0.884. The maximum atomic E-state index is 11.9. The van der Waals surface area contributed by atoms with Gasteiger partial charge in [-0.05, 0) is 20.4 Å². The molecular formula is C12H16N4OS. The van der Waals surface area contributed by atoms with Gasteiger partial charge in [0.2, 0.25) is 0 Å². The molecule has 0 aliphatic rings. The first kappa shape index (κ1) is 12.9. The second-order valence-corrected chi connectivity index (χ2v) is 5.10. The van der Waals surface area contributed by atoms with E-state index in [1.807, 2.05) is 14.0 Å². The van der Waals surface area contributed by atoms with Crippen LogP contribution in [-0.4, -0.2) is 22.2 Å². The van der Waals surface area contributed by atoms with Gasteiger partial charge in [-0.3, -0.25) is 4.79 Å². The number of aromatic nitrogens is 3. The average Bonchev–Trinajstić information content (AvgIpc) is 2.80. The van der Waals surface area contributed by atoms with Gasteiger partial charge in [-0.2, -0.15) is 0 Å². The van der Waals surface area contributed by atoms with Crippen LogP contribution in [0.1, 0.15) is 30.1 Å².